The molecule has 0 unspecified atom stereocenters. The molecule has 4 rings (SSSR count). The molecule has 1 amide bonds. The molecule has 1 fully saturated rings. The van der Waals surface area contributed by atoms with Gasteiger partial charge in [0.15, 0.2) is 0 Å². The minimum Gasteiger partial charge on any atom is -0.492 e. The summed E-state index contributed by atoms with van der Waals surface area (Å²) < 4.78 is 24.7. The number of ether oxygens (including phenoxy) is 2. The lowest BCUT2D eigenvalue weighted by Crippen LogP contribution is -2.44. The van der Waals surface area contributed by atoms with E-state index in [2.05, 4.69) is 17.4 Å². The predicted octanol–water partition coefficient (Wildman–Crippen LogP) is 5.20. The summed E-state index contributed by atoms with van der Waals surface area (Å²) in [4.78, 5) is 16.7. The third-order valence-electron chi connectivity index (χ3n) is 6.08. The number of nitrogens with zero attached hydrogens (tertiary/aromatic N) is 1. The Hall–Kier alpha value is -2.89. The average Bonchev–Trinajstić information content (AvgIpc) is 2.71. The van der Waals surface area contributed by atoms with Gasteiger partial charge in [0.1, 0.15) is 23.8 Å². The van der Waals surface area contributed by atoms with Crippen LogP contribution in [-0.4, -0.2) is 37.1 Å². The van der Waals surface area contributed by atoms with Crippen molar-refractivity contribution >= 4 is 11.8 Å². The molecule has 1 aliphatic heterocycles. The Morgan fingerprint density at radius 1 is 1.16 bits per heavy atom. The maximum absolute atomic E-state index is 13.5. The molecule has 5 nitrogen and oxygen atoms in total. The molecule has 2 aromatic carbocycles. The summed E-state index contributed by atoms with van der Waals surface area (Å²) in [6.07, 6.45) is 3.62. The number of hydrogen-bond acceptors (Lipinski definition) is 4. The largest absolute Gasteiger partial charge is 0.492 e. The van der Waals surface area contributed by atoms with E-state index in [9.17, 15) is 9.18 Å². The van der Waals surface area contributed by atoms with E-state index in [1.807, 2.05) is 39.0 Å². The van der Waals surface area contributed by atoms with Gasteiger partial charge in [0.2, 0.25) is 0 Å². The van der Waals surface area contributed by atoms with Crippen LogP contribution in [-0.2, 0) is 16.6 Å². The molecule has 2 aromatic rings. The number of carbonyl (C=O) groups excluding carboxylic acids is 1. The molecule has 0 bridgehead atoms. The highest BCUT2D eigenvalue weighted by molar-refractivity contribution is 6.10. The summed E-state index contributed by atoms with van der Waals surface area (Å²) in [7, 11) is 0. The van der Waals surface area contributed by atoms with Crippen LogP contribution in [0.15, 0.2) is 47.5 Å². The monoisotopic (exact) mass is 438 g/mol. The number of fused-ring (bicyclic) bond motifs is 1. The second-order valence-electron chi connectivity index (χ2n) is 9.52. The molecule has 0 atom stereocenters. The van der Waals surface area contributed by atoms with Crippen LogP contribution in [0.4, 0.5) is 9.18 Å². The van der Waals surface area contributed by atoms with Crippen LogP contribution in [0.3, 0.4) is 0 Å². The van der Waals surface area contributed by atoms with Crippen LogP contribution >= 0.6 is 0 Å². The number of aliphatic imine (C=N–C) groups is 1. The number of nitrogens with one attached hydrogen (secondary N) is 1. The first-order valence-corrected chi connectivity index (χ1v) is 11.3. The fourth-order valence-corrected chi connectivity index (χ4v) is 4.46. The third kappa shape index (κ3) is 4.79. The van der Waals surface area contributed by atoms with Gasteiger partial charge in [-0.2, -0.15) is 0 Å². The molecule has 1 saturated carbocycles. The minimum absolute atomic E-state index is 0.153. The fourth-order valence-electron chi connectivity index (χ4n) is 4.46. The van der Waals surface area contributed by atoms with Gasteiger partial charge in [-0.3, -0.25) is 4.99 Å². The van der Waals surface area contributed by atoms with E-state index < -0.39 is 11.7 Å². The van der Waals surface area contributed by atoms with Gasteiger partial charge in [-0.05, 0) is 75.4 Å². The van der Waals surface area contributed by atoms with Crippen LogP contribution < -0.4 is 10.1 Å². The summed E-state index contributed by atoms with van der Waals surface area (Å²) in [5.74, 6) is 0.530. The molecule has 1 aliphatic carbocycles. The number of hydrogen-bond donors (Lipinski definition) is 1. The summed E-state index contributed by atoms with van der Waals surface area (Å²) in [5.41, 5.74) is 3.93. The van der Waals surface area contributed by atoms with Crippen molar-refractivity contribution in [2.75, 3.05) is 19.7 Å². The third-order valence-corrected chi connectivity index (χ3v) is 6.08. The number of rotatable bonds is 6. The lowest BCUT2D eigenvalue weighted by molar-refractivity contribution is 0.0520. The van der Waals surface area contributed by atoms with E-state index in [1.165, 1.54) is 17.7 Å². The molecule has 0 saturated heterocycles. The maximum Gasteiger partial charge on any atom is 0.407 e. The first-order chi connectivity index (χ1) is 15.3. The molecule has 0 aromatic heterocycles. The number of carbonyl (C=O) groups is 1. The zero-order valence-electron chi connectivity index (χ0n) is 19.0. The molecule has 2 aliphatic rings. The second-order valence-corrected chi connectivity index (χ2v) is 9.52. The van der Waals surface area contributed by atoms with Crippen LogP contribution in [0, 0.1) is 5.82 Å². The average molecular weight is 439 g/mol. The SMILES string of the molecule is CC(C)(C)OC(=O)NCCOc1ccc2c(c1)C(C1(c3ccc(F)cc3)CCC1)=NCC2. The Kier molecular flexibility index (Phi) is 6.22. The standard InChI is InChI=1S/C26H31FN2O3/c1-25(2,3)32-24(30)29-15-16-31-21-10-5-18-11-14-28-23(22(18)17-21)26(12-4-13-26)19-6-8-20(27)9-7-19/h5-10,17H,4,11-16H2,1-3H3,(H,29,30). The van der Waals surface area contributed by atoms with E-state index in [4.69, 9.17) is 14.5 Å². The highest BCUT2D eigenvalue weighted by atomic mass is 19.1. The van der Waals surface area contributed by atoms with Crippen molar-refractivity contribution in [2.45, 2.75) is 57.5 Å². The maximum atomic E-state index is 13.5. The van der Waals surface area contributed by atoms with Crippen molar-refractivity contribution in [1.29, 1.82) is 0 Å². The van der Waals surface area contributed by atoms with Crippen molar-refractivity contribution in [3.8, 4) is 5.75 Å². The van der Waals surface area contributed by atoms with Crippen LogP contribution in [0.25, 0.3) is 0 Å². The second kappa shape index (κ2) is 8.93. The van der Waals surface area contributed by atoms with E-state index in [0.29, 0.717) is 13.2 Å². The van der Waals surface area contributed by atoms with Crippen molar-refractivity contribution in [3.63, 3.8) is 0 Å². The van der Waals surface area contributed by atoms with Gasteiger partial charge in [0, 0.05) is 17.5 Å². The lowest BCUT2D eigenvalue weighted by atomic mass is 9.59. The smallest absolute Gasteiger partial charge is 0.407 e. The van der Waals surface area contributed by atoms with E-state index >= 15 is 0 Å². The lowest BCUT2D eigenvalue weighted by Gasteiger charge is -2.45. The molecular formula is C26H31FN2O3. The van der Waals surface area contributed by atoms with Crippen LogP contribution in [0.5, 0.6) is 5.75 Å². The highest BCUT2D eigenvalue weighted by Crippen LogP contribution is 2.48. The Labute approximate surface area is 189 Å². The number of halogens is 1. The van der Waals surface area contributed by atoms with Crippen molar-refractivity contribution in [1.82, 2.24) is 5.32 Å². The van der Waals surface area contributed by atoms with Crippen molar-refractivity contribution < 1.29 is 18.7 Å². The van der Waals surface area contributed by atoms with Gasteiger partial charge in [0.25, 0.3) is 0 Å². The molecule has 170 valence electrons. The van der Waals surface area contributed by atoms with Gasteiger partial charge >= 0.3 is 6.09 Å². The number of alkyl carbamates (subject to hydrolysis) is 1. The van der Waals surface area contributed by atoms with E-state index in [0.717, 1.165) is 54.8 Å². The van der Waals surface area contributed by atoms with Crippen molar-refractivity contribution in [2.24, 2.45) is 4.99 Å². The van der Waals surface area contributed by atoms with Crippen LogP contribution in [0.2, 0.25) is 0 Å². The quantitative estimate of drug-likeness (QED) is 0.631. The van der Waals surface area contributed by atoms with E-state index in [1.54, 1.807) is 0 Å². The van der Waals surface area contributed by atoms with Crippen LogP contribution in [0.1, 0.15) is 56.7 Å². The first kappa shape index (κ1) is 22.3. The number of amides is 1. The summed E-state index contributed by atoms with van der Waals surface area (Å²) in [5, 5.41) is 2.71. The normalized spacial score (nSPS) is 16.9. The zero-order valence-corrected chi connectivity index (χ0v) is 19.0. The highest BCUT2D eigenvalue weighted by Gasteiger charge is 2.45. The molecule has 0 spiro atoms. The fraction of sp³-hybridized carbons (Fsp3) is 0.462. The summed E-state index contributed by atoms with van der Waals surface area (Å²) in [6, 6.07) is 13.0. The topological polar surface area (TPSA) is 59.9 Å². The zero-order chi connectivity index (χ0) is 22.8. The molecule has 32 heavy (non-hydrogen) atoms. The van der Waals surface area contributed by atoms with E-state index in [-0.39, 0.29) is 11.2 Å². The summed E-state index contributed by atoms with van der Waals surface area (Å²) >= 11 is 0. The minimum atomic E-state index is -0.527. The van der Waals surface area contributed by atoms with Crippen molar-refractivity contribution in [3.05, 3.63) is 65.0 Å². The number of benzene rings is 2. The Morgan fingerprint density at radius 3 is 2.56 bits per heavy atom. The molecule has 1 N–H and O–H groups in total. The Bertz CT molecular complexity index is 1000. The van der Waals surface area contributed by atoms with Gasteiger partial charge in [-0.1, -0.05) is 24.6 Å². The molecule has 0 radical (unpaired) electrons. The molecule has 6 heteroatoms. The van der Waals surface area contributed by atoms with Gasteiger partial charge < -0.3 is 14.8 Å². The molecular weight excluding hydrogens is 407 g/mol. The van der Waals surface area contributed by atoms with Gasteiger partial charge in [0.05, 0.1) is 12.3 Å². The molecule has 1 heterocycles. The summed E-state index contributed by atoms with van der Waals surface area (Å²) in [6.45, 7) is 6.95. The first-order valence-electron chi connectivity index (χ1n) is 11.3. The van der Waals surface area contributed by atoms with Gasteiger partial charge in [-0.25, -0.2) is 9.18 Å². The Balaban J connectivity index is 1.47. The predicted molar refractivity (Wildman–Crippen MR) is 123 cm³/mol. The Morgan fingerprint density at radius 2 is 1.91 bits per heavy atom. The van der Waals surface area contributed by atoms with Gasteiger partial charge in [-0.15, -0.1) is 0 Å².